The first-order valence-electron chi connectivity index (χ1n) is 5.56. The van der Waals surface area contributed by atoms with Gasteiger partial charge in [-0.25, -0.2) is 8.42 Å². The molecule has 6 nitrogen and oxygen atoms in total. The first-order chi connectivity index (χ1) is 9.97. The van der Waals surface area contributed by atoms with E-state index in [0.29, 0.717) is 4.31 Å². The lowest BCUT2D eigenvalue weighted by Crippen LogP contribution is -2.33. The van der Waals surface area contributed by atoms with Crippen molar-refractivity contribution >= 4 is 31.9 Å². The lowest BCUT2D eigenvalue weighted by atomic mass is 10.3. The highest BCUT2D eigenvalue weighted by atomic mass is 79.9. The van der Waals surface area contributed by atoms with Crippen molar-refractivity contribution in [3.8, 4) is 5.75 Å². The summed E-state index contributed by atoms with van der Waals surface area (Å²) in [5.41, 5.74) is 0. The minimum Gasteiger partial charge on any atom is -0.468 e. The van der Waals surface area contributed by atoms with Crippen LogP contribution in [0, 0.1) is 0 Å². The molecule has 0 fully saturated rings. The van der Waals surface area contributed by atoms with Crippen molar-refractivity contribution in [1.82, 2.24) is 4.31 Å². The number of methoxy groups -OCH3 is 1. The Kier molecular flexibility index (Phi) is 5.82. The zero-order valence-electron chi connectivity index (χ0n) is 11.3. The highest BCUT2D eigenvalue weighted by Crippen LogP contribution is 2.33. The third kappa shape index (κ3) is 4.85. The van der Waals surface area contributed by atoms with Crippen LogP contribution >= 0.6 is 15.9 Å². The molecule has 0 aliphatic rings. The van der Waals surface area contributed by atoms with Gasteiger partial charge in [0.15, 0.2) is 5.75 Å². The first kappa shape index (κ1) is 18.7. The van der Waals surface area contributed by atoms with Crippen LogP contribution < -0.4 is 4.74 Å². The molecular weight excluding hydrogens is 395 g/mol. The standard InChI is InChI=1S/C11H11BrF3NO5S/c1-16(6-10(17)20-2)22(18,19)9-4-3-7(12)5-8(9)21-11(13,14)15/h3-5H,6H2,1-2H3. The van der Waals surface area contributed by atoms with E-state index in [1.807, 2.05) is 0 Å². The average Bonchev–Trinajstić information content (AvgIpc) is 2.36. The van der Waals surface area contributed by atoms with E-state index in [4.69, 9.17) is 0 Å². The lowest BCUT2D eigenvalue weighted by Gasteiger charge is -2.19. The fourth-order valence-corrected chi connectivity index (χ4v) is 2.94. The maximum Gasteiger partial charge on any atom is 0.573 e. The highest BCUT2D eigenvalue weighted by Gasteiger charge is 2.35. The summed E-state index contributed by atoms with van der Waals surface area (Å²) in [6.07, 6.45) is -5.06. The number of benzene rings is 1. The van der Waals surface area contributed by atoms with E-state index in [-0.39, 0.29) is 4.47 Å². The summed E-state index contributed by atoms with van der Waals surface area (Å²) >= 11 is 2.93. The molecule has 0 aromatic heterocycles. The average molecular weight is 406 g/mol. The molecular formula is C11H11BrF3NO5S. The molecule has 1 aromatic rings. The van der Waals surface area contributed by atoms with E-state index in [1.165, 1.54) is 6.07 Å². The van der Waals surface area contributed by atoms with Crippen LogP contribution in [-0.2, 0) is 19.6 Å². The van der Waals surface area contributed by atoms with Gasteiger partial charge in [0.25, 0.3) is 0 Å². The summed E-state index contributed by atoms with van der Waals surface area (Å²) in [6, 6.07) is 3.04. The highest BCUT2D eigenvalue weighted by molar-refractivity contribution is 9.10. The second-order valence-electron chi connectivity index (χ2n) is 3.98. The maximum atomic E-state index is 12.4. The van der Waals surface area contributed by atoms with E-state index in [1.54, 1.807) is 0 Å². The van der Waals surface area contributed by atoms with Crippen molar-refractivity contribution in [3.05, 3.63) is 22.7 Å². The van der Waals surface area contributed by atoms with Crippen molar-refractivity contribution in [2.45, 2.75) is 11.3 Å². The Morgan fingerprint density at radius 3 is 2.45 bits per heavy atom. The van der Waals surface area contributed by atoms with Crippen molar-refractivity contribution in [3.63, 3.8) is 0 Å². The van der Waals surface area contributed by atoms with Gasteiger partial charge in [-0.2, -0.15) is 4.31 Å². The normalized spacial score (nSPS) is 12.3. The minimum atomic E-state index is -5.06. The molecule has 11 heteroatoms. The summed E-state index contributed by atoms with van der Waals surface area (Å²) in [5.74, 6) is -1.76. The summed E-state index contributed by atoms with van der Waals surface area (Å²) in [4.78, 5) is 10.4. The smallest absolute Gasteiger partial charge is 0.468 e. The Hall–Kier alpha value is -1.33. The third-order valence-corrected chi connectivity index (χ3v) is 4.74. The molecule has 0 aliphatic carbocycles. The van der Waals surface area contributed by atoms with Crippen molar-refractivity contribution < 1.29 is 35.9 Å². The Morgan fingerprint density at radius 2 is 1.95 bits per heavy atom. The van der Waals surface area contributed by atoms with Gasteiger partial charge in [-0.1, -0.05) is 15.9 Å². The number of ether oxygens (including phenoxy) is 2. The SMILES string of the molecule is COC(=O)CN(C)S(=O)(=O)c1ccc(Br)cc1OC(F)(F)F. The van der Waals surface area contributed by atoms with E-state index >= 15 is 0 Å². The second kappa shape index (κ2) is 6.84. The topological polar surface area (TPSA) is 72.9 Å². The largest absolute Gasteiger partial charge is 0.573 e. The van der Waals surface area contributed by atoms with Gasteiger partial charge in [0.1, 0.15) is 11.4 Å². The molecule has 0 aliphatic heterocycles. The number of esters is 1. The van der Waals surface area contributed by atoms with Gasteiger partial charge in [-0.3, -0.25) is 4.79 Å². The molecule has 124 valence electrons. The Morgan fingerprint density at radius 1 is 1.36 bits per heavy atom. The number of hydrogen-bond donors (Lipinski definition) is 0. The van der Waals surface area contributed by atoms with Crippen LogP contribution in [0.3, 0.4) is 0 Å². The fraction of sp³-hybridized carbons (Fsp3) is 0.364. The summed E-state index contributed by atoms with van der Waals surface area (Å²) in [5, 5.41) is 0. The predicted octanol–water partition coefficient (Wildman–Crippen LogP) is 2.14. The summed E-state index contributed by atoms with van der Waals surface area (Å²) in [6.45, 7) is -0.652. The number of carbonyl (C=O) groups is 1. The van der Waals surface area contributed by atoms with Gasteiger partial charge in [0, 0.05) is 11.5 Å². The quantitative estimate of drug-likeness (QED) is 0.701. The zero-order chi connectivity index (χ0) is 17.1. The number of hydrogen-bond acceptors (Lipinski definition) is 5. The van der Waals surface area contributed by atoms with Crippen LogP contribution in [0.25, 0.3) is 0 Å². The molecule has 0 amide bonds. The van der Waals surface area contributed by atoms with E-state index < -0.39 is 39.5 Å². The molecule has 22 heavy (non-hydrogen) atoms. The number of sulfonamides is 1. The molecule has 0 saturated heterocycles. The molecule has 0 radical (unpaired) electrons. The van der Waals surface area contributed by atoms with Crippen LogP contribution in [0.5, 0.6) is 5.75 Å². The lowest BCUT2D eigenvalue weighted by molar-refractivity contribution is -0.275. The summed E-state index contributed by atoms with van der Waals surface area (Å²) < 4.78 is 70.5. The first-order valence-corrected chi connectivity index (χ1v) is 7.79. The van der Waals surface area contributed by atoms with Gasteiger partial charge in [0.05, 0.1) is 7.11 Å². The zero-order valence-corrected chi connectivity index (χ0v) is 13.8. The predicted molar refractivity (Wildman–Crippen MR) is 72.7 cm³/mol. The number of alkyl halides is 3. The molecule has 0 atom stereocenters. The van der Waals surface area contributed by atoms with Crippen molar-refractivity contribution in [2.24, 2.45) is 0 Å². The Balaban J connectivity index is 3.27. The third-order valence-electron chi connectivity index (χ3n) is 2.40. The van der Waals surface area contributed by atoms with Crippen LogP contribution in [0.15, 0.2) is 27.6 Å². The van der Waals surface area contributed by atoms with Crippen molar-refractivity contribution in [1.29, 1.82) is 0 Å². The second-order valence-corrected chi connectivity index (χ2v) is 6.91. The van der Waals surface area contributed by atoms with Gasteiger partial charge in [-0.05, 0) is 18.2 Å². The number of nitrogens with zero attached hydrogens (tertiary/aromatic N) is 1. The van der Waals surface area contributed by atoms with Gasteiger partial charge >= 0.3 is 12.3 Å². The van der Waals surface area contributed by atoms with E-state index in [0.717, 1.165) is 26.3 Å². The number of carbonyl (C=O) groups excluding carboxylic acids is 1. The van der Waals surface area contributed by atoms with Crippen LogP contribution in [0.2, 0.25) is 0 Å². The number of halogens is 4. The number of likely N-dealkylation sites (N-methyl/N-ethyl adjacent to an activating group) is 1. The fourth-order valence-electron chi connectivity index (χ4n) is 1.40. The molecule has 0 unspecified atom stereocenters. The number of rotatable bonds is 5. The molecule has 0 saturated carbocycles. The van der Waals surface area contributed by atoms with Crippen LogP contribution in [0.1, 0.15) is 0 Å². The van der Waals surface area contributed by atoms with Crippen LogP contribution in [-0.4, -0.2) is 45.8 Å². The molecule has 0 bridgehead atoms. The van der Waals surface area contributed by atoms with E-state index in [9.17, 15) is 26.4 Å². The van der Waals surface area contributed by atoms with Gasteiger partial charge < -0.3 is 9.47 Å². The summed E-state index contributed by atoms with van der Waals surface area (Å²) in [7, 11) is -2.29. The van der Waals surface area contributed by atoms with Gasteiger partial charge in [0.2, 0.25) is 10.0 Å². The molecule has 1 rings (SSSR count). The molecule has 0 spiro atoms. The molecule has 0 N–H and O–H groups in total. The van der Waals surface area contributed by atoms with Crippen molar-refractivity contribution in [2.75, 3.05) is 20.7 Å². The Bertz CT molecular complexity index is 662. The van der Waals surface area contributed by atoms with Gasteiger partial charge in [-0.15, -0.1) is 13.2 Å². The maximum absolute atomic E-state index is 12.4. The Labute approximate surface area is 133 Å². The molecule has 0 heterocycles. The van der Waals surface area contributed by atoms with Crippen LogP contribution in [0.4, 0.5) is 13.2 Å². The monoisotopic (exact) mass is 405 g/mol. The molecule has 1 aromatic carbocycles. The van der Waals surface area contributed by atoms with E-state index in [2.05, 4.69) is 25.4 Å². The minimum absolute atomic E-state index is 0.196.